The zero-order valence-electron chi connectivity index (χ0n) is 11.4. The van der Waals surface area contributed by atoms with Crippen LogP contribution in [0.1, 0.15) is 22.5 Å². The number of anilines is 1. The maximum absolute atomic E-state index is 5.30. The van der Waals surface area contributed by atoms with Gasteiger partial charge < -0.3 is 15.1 Å². The van der Waals surface area contributed by atoms with Crippen LogP contribution in [-0.2, 0) is 6.54 Å². The van der Waals surface area contributed by atoms with Crippen molar-refractivity contribution >= 4 is 23.0 Å². The number of rotatable bonds is 3. The van der Waals surface area contributed by atoms with Gasteiger partial charge in [0.2, 0.25) is 0 Å². The molecule has 0 bridgehead atoms. The molecular formula is C15H18N2OS. The van der Waals surface area contributed by atoms with Crippen molar-refractivity contribution in [2.75, 3.05) is 5.32 Å². The molecule has 0 radical (unpaired) electrons. The highest BCUT2D eigenvalue weighted by Crippen LogP contribution is 2.21. The van der Waals surface area contributed by atoms with Gasteiger partial charge in [0, 0.05) is 5.69 Å². The molecule has 3 nitrogen and oxygen atoms in total. The Kier molecular flexibility index (Phi) is 4.22. The molecule has 1 aromatic carbocycles. The van der Waals surface area contributed by atoms with E-state index >= 15 is 0 Å². The summed E-state index contributed by atoms with van der Waals surface area (Å²) in [4.78, 5) is 0. The second kappa shape index (κ2) is 5.89. The van der Waals surface area contributed by atoms with Crippen LogP contribution < -0.4 is 10.6 Å². The van der Waals surface area contributed by atoms with Gasteiger partial charge in [0.15, 0.2) is 5.11 Å². The van der Waals surface area contributed by atoms with Gasteiger partial charge in [-0.15, -0.1) is 0 Å². The molecule has 100 valence electrons. The van der Waals surface area contributed by atoms with Crippen LogP contribution >= 0.6 is 12.2 Å². The van der Waals surface area contributed by atoms with Crippen molar-refractivity contribution in [2.45, 2.75) is 27.3 Å². The lowest BCUT2D eigenvalue weighted by Crippen LogP contribution is -2.28. The lowest BCUT2D eigenvalue weighted by molar-refractivity contribution is 0.503. The van der Waals surface area contributed by atoms with Crippen LogP contribution in [0.5, 0.6) is 0 Å². The molecule has 2 rings (SSSR count). The number of furan rings is 1. The minimum atomic E-state index is 0.586. The van der Waals surface area contributed by atoms with Crippen LogP contribution in [0.25, 0.3) is 0 Å². The summed E-state index contributed by atoms with van der Waals surface area (Å²) in [5.74, 6) is 0.862. The van der Waals surface area contributed by atoms with E-state index in [0.717, 1.165) is 11.4 Å². The Bertz CT molecular complexity index is 553. The number of hydrogen-bond acceptors (Lipinski definition) is 2. The van der Waals surface area contributed by atoms with Gasteiger partial charge in [-0.1, -0.05) is 17.7 Å². The van der Waals surface area contributed by atoms with Gasteiger partial charge >= 0.3 is 0 Å². The van der Waals surface area contributed by atoms with Crippen LogP contribution in [-0.4, -0.2) is 5.11 Å². The largest absolute Gasteiger partial charge is 0.467 e. The molecule has 4 heteroatoms. The van der Waals surface area contributed by atoms with Crippen molar-refractivity contribution in [3.63, 3.8) is 0 Å². The van der Waals surface area contributed by atoms with Gasteiger partial charge in [-0.2, -0.15) is 0 Å². The fourth-order valence-corrected chi connectivity index (χ4v) is 2.29. The molecular weight excluding hydrogens is 256 g/mol. The Labute approximate surface area is 119 Å². The first-order valence-corrected chi connectivity index (χ1v) is 6.62. The van der Waals surface area contributed by atoms with Crippen LogP contribution in [0.3, 0.4) is 0 Å². The number of thiocarbonyl (C=S) groups is 1. The Morgan fingerprint density at radius 1 is 1.21 bits per heavy atom. The van der Waals surface area contributed by atoms with Gasteiger partial charge in [-0.3, -0.25) is 0 Å². The third kappa shape index (κ3) is 3.58. The fraction of sp³-hybridized carbons (Fsp3) is 0.267. The lowest BCUT2D eigenvalue weighted by Gasteiger charge is -2.15. The Morgan fingerprint density at radius 2 is 1.89 bits per heavy atom. The molecule has 1 aromatic heterocycles. The normalized spacial score (nSPS) is 10.3. The third-order valence-corrected chi connectivity index (χ3v) is 3.17. The van der Waals surface area contributed by atoms with E-state index in [2.05, 4.69) is 43.5 Å². The van der Waals surface area contributed by atoms with Crippen LogP contribution in [0.2, 0.25) is 0 Å². The van der Waals surface area contributed by atoms with E-state index in [0.29, 0.717) is 11.7 Å². The van der Waals surface area contributed by atoms with Gasteiger partial charge in [0.1, 0.15) is 5.76 Å². The molecule has 2 N–H and O–H groups in total. The third-order valence-electron chi connectivity index (χ3n) is 2.92. The first-order chi connectivity index (χ1) is 9.06. The van der Waals surface area contributed by atoms with E-state index in [1.807, 2.05) is 12.1 Å². The second-order valence-electron chi connectivity index (χ2n) is 4.66. The summed E-state index contributed by atoms with van der Waals surface area (Å²) in [5, 5.41) is 6.98. The summed E-state index contributed by atoms with van der Waals surface area (Å²) in [5.41, 5.74) is 4.72. The van der Waals surface area contributed by atoms with Gasteiger partial charge in [-0.05, 0) is 56.2 Å². The highest BCUT2D eigenvalue weighted by atomic mass is 32.1. The van der Waals surface area contributed by atoms with Crippen molar-refractivity contribution < 1.29 is 4.42 Å². The molecule has 0 unspecified atom stereocenters. The molecule has 0 spiro atoms. The minimum Gasteiger partial charge on any atom is -0.467 e. The van der Waals surface area contributed by atoms with E-state index in [4.69, 9.17) is 16.6 Å². The molecule has 0 saturated heterocycles. The molecule has 0 saturated carbocycles. The number of aryl methyl sites for hydroxylation is 3. The predicted molar refractivity (Wildman–Crippen MR) is 82.4 cm³/mol. The molecule has 2 aromatic rings. The van der Waals surface area contributed by atoms with Crippen molar-refractivity contribution in [2.24, 2.45) is 0 Å². The van der Waals surface area contributed by atoms with Crippen LogP contribution in [0.4, 0.5) is 5.69 Å². The molecule has 0 fully saturated rings. The van der Waals surface area contributed by atoms with Crippen molar-refractivity contribution in [3.8, 4) is 0 Å². The number of benzene rings is 1. The van der Waals surface area contributed by atoms with E-state index in [1.54, 1.807) is 6.26 Å². The monoisotopic (exact) mass is 274 g/mol. The van der Waals surface area contributed by atoms with Crippen molar-refractivity contribution in [3.05, 3.63) is 53.0 Å². The zero-order valence-corrected chi connectivity index (χ0v) is 12.2. The van der Waals surface area contributed by atoms with Crippen LogP contribution in [0, 0.1) is 20.8 Å². The van der Waals surface area contributed by atoms with E-state index < -0.39 is 0 Å². The van der Waals surface area contributed by atoms with E-state index in [9.17, 15) is 0 Å². The molecule has 1 heterocycles. The standard InChI is InChI=1S/C15H18N2OS/c1-10-7-11(2)14(12(3)8-10)17-15(19)16-9-13-5-4-6-18-13/h4-8H,9H2,1-3H3,(H2,16,17,19). The average Bonchev–Trinajstić information content (AvgIpc) is 2.84. The first-order valence-electron chi connectivity index (χ1n) is 6.21. The lowest BCUT2D eigenvalue weighted by atomic mass is 10.1. The van der Waals surface area contributed by atoms with Crippen molar-refractivity contribution in [1.29, 1.82) is 0 Å². The smallest absolute Gasteiger partial charge is 0.171 e. The molecule has 0 atom stereocenters. The Hall–Kier alpha value is -1.81. The summed E-state index contributed by atoms with van der Waals surface area (Å²) < 4.78 is 5.25. The SMILES string of the molecule is Cc1cc(C)c(NC(=S)NCc2ccco2)c(C)c1. The molecule has 0 aliphatic carbocycles. The quantitative estimate of drug-likeness (QED) is 0.837. The van der Waals surface area contributed by atoms with E-state index in [-0.39, 0.29) is 0 Å². The molecule has 0 aliphatic rings. The first kappa shape index (κ1) is 13.6. The van der Waals surface area contributed by atoms with Gasteiger partial charge in [-0.25, -0.2) is 0 Å². The molecule has 19 heavy (non-hydrogen) atoms. The zero-order chi connectivity index (χ0) is 13.8. The van der Waals surface area contributed by atoms with Crippen molar-refractivity contribution in [1.82, 2.24) is 5.32 Å². The number of nitrogens with one attached hydrogen (secondary N) is 2. The van der Waals surface area contributed by atoms with Gasteiger partial charge in [0.25, 0.3) is 0 Å². The molecule has 0 amide bonds. The second-order valence-corrected chi connectivity index (χ2v) is 5.07. The maximum atomic E-state index is 5.30. The highest BCUT2D eigenvalue weighted by Gasteiger charge is 2.06. The Balaban J connectivity index is 1.99. The Morgan fingerprint density at radius 3 is 2.47 bits per heavy atom. The van der Waals surface area contributed by atoms with Gasteiger partial charge in [0.05, 0.1) is 12.8 Å². The minimum absolute atomic E-state index is 0.586. The number of hydrogen-bond donors (Lipinski definition) is 2. The van der Waals surface area contributed by atoms with E-state index in [1.165, 1.54) is 16.7 Å². The fourth-order valence-electron chi connectivity index (χ4n) is 2.12. The average molecular weight is 274 g/mol. The maximum Gasteiger partial charge on any atom is 0.171 e. The molecule has 0 aliphatic heterocycles. The topological polar surface area (TPSA) is 37.2 Å². The van der Waals surface area contributed by atoms with Crippen LogP contribution in [0.15, 0.2) is 34.9 Å². The highest BCUT2D eigenvalue weighted by molar-refractivity contribution is 7.80. The summed E-state index contributed by atoms with van der Waals surface area (Å²) in [6.45, 7) is 6.84. The predicted octanol–water partition coefficient (Wildman–Crippen LogP) is 3.69. The summed E-state index contributed by atoms with van der Waals surface area (Å²) in [6.07, 6.45) is 1.65. The summed E-state index contributed by atoms with van der Waals surface area (Å²) in [7, 11) is 0. The summed E-state index contributed by atoms with van der Waals surface area (Å²) in [6, 6.07) is 8.06. The summed E-state index contributed by atoms with van der Waals surface area (Å²) >= 11 is 5.30.